The van der Waals surface area contributed by atoms with Gasteiger partial charge in [-0.1, -0.05) is 6.07 Å². The molecule has 1 heterocycles. The summed E-state index contributed by atoms with van der Waals surface area (Å²) < 4.78 is 0. The third kappa shape index (κ3) is 1.95. The van der Waals surface area contributed by atoms with E-state index in [1.807, 2.05) is 0 Å². The Balaban J connectivity index is 3.02. The molecule has 1 aromatic rings. The van der Waals surface area contributed by atoms with Crippen LogP contribution >= 0.6 is 0 Å². The molecule has 0 aliphatic carbocycles. The SMILES string of the molecule is Cc1ccc(CC(=O)O)c(=O)[nH]1. The maximum atomic E-state index is 11.1. The van der Waals surface area contributed by atoms with E-state index in [0.29, 0.717) is 0 Å². The topological polar surface area (TPSA) is 70.2 Å². The van der Waals surface area contributed by atoms with E-state index >= 15 is 0 Å². The van der Waals surface area contributed by atoms with Crippen LogP contribution in [-0.2, 0) is 11.2 Å². The number of aromatic nitrogens is 1. The maximum absolute atomic E-state index is 11.1. The average Bonchev–Trinajstić information content (AvgIpc) is 1.94. The summed E-state index contributed by atoms with van der Waals surface area (Å²) in [6.45, 7) is 1.74. The Labute approximate surface area is 68.9 Å². The van der Waals surface area contributed by atoms with Crippen LogP contribution in [0.3, 0.4) is 0 Å². The van der Waals surface area contributed by atoms with E-state index in [1.165, 1.54) is 6.07 Å². The number of hydrogen-bond acceptors (Lipinski definition) is 2. The fourth-order valence-electron chi connectivity index (χ4n) is 0.904. The largest absolute Gasteiger partial charge is 0.481 e. The normalized spacial score (nSPS) is 9.75. The molecule has 2 N–H and O–H groups in total. The van der Waals surface area contributed by atoms with Crippen molar-refractivity contribution < 1.29 is 9.90 Å². The number of H-pyrrole nitrogens is 1. The minimum atomic E-state index is -0.996. The molecular weight excluding hydrogens is 158 g/mol. The van der Waals surface area contributed by atoms with E-state index in [-0.39, 0.29) is 17.5 Å². The van der Waals surface area contributed by atoms with Crippen LogP contribution in [0.5, 0.6) is 0 Å². The molecule has 0 spiro atoms. The zero-order valence-electron chi connectivity index (χ0n) is 6.63. The van der Waals surface area contributed by atoms with Gasteiger partial charge in [0.25, 0.3) is 5.56 Å². The van der Waals surface area contributed by atoms with Crippen LogP contribution in [0.15, 0.2) is 16.9 Å². The first-order chi connectivity index (χ1) is 5.59. The lowest BCUT2D eigenvalue weighted by atomic mass is 10.2. The van der Waals surface area contributed by atoms with Crippen LogP contribution in [0.4, 0.5) is 0 Å². The van der Waals surface area contributed by atoms with E-state index in [0.717, 1.165) is 5.69 Å². The maximum Gasteiger partial charge on any atom is 0.308 e. The van der Waals surface area contributed by atoms with E-state index in [9.17, 15) is 9.59 Å². The molecule has 0 saturated carbocycles. The lowest BCUT2D eigenvalue weighted by Gasteiger charge is -1.96. The molecule has 0 aliphatic heterocycles. The Hall–Kier alpha value is -1.58. The Morgan fingerprint density at radius 3 is 2.75 bits per heavy atom. The number of aliphatic carboxylic acids is 1. The van der Waals surface area contributed by atoms with Gasteiger partial charge in [0.2, 0.25) is 0 Å². The van der Waals surface area contributed by atoms with Gasteiger partial charge < -0.3 is 10.1 Å². The van der Waals surface area contributed by atoms with Gasteiger partial charge in [0.15, 0.2) is 0 Å². The standard InChI is InChI=1S/C8H9NO3/c1-5-2-3-6(4-7(10)11)8(12)9-5/h2-3H,4H2,1H3,(H,9,12)(H,10,11). The second-order valence-corrected chi connectivity index (χ2v) is 2.57. The van der Waals surface area contributed by atoms with Gasteiger partial charge in [0.1, 0.15) is 0 Å². The van der Waals surface area contributed by atoms with Crippen LogP contribution in [0.25, 0.3) is 0 Å². The summed E-state index contributed by atoms with van der Waals surface area (Å²) in [7, 11) is 0. The lowest BCUT2D eigenvalue weighted by molar-refractivity contribution is -0.136. The van der Waals surface area contributed by atoms with Crippen molar-refractivity contribution in [2.24, 2.45) is 0 Å². The minimum absolute atomic E-state index is 0.227. The van der Waals surface area contributed by atoms with Gasteiger partial charge in [-0.2, -0.15) is 0 Å². The van der Waals surface area contributed by atoms with Crippen molar-refractivity contribution in [3.8, 4) is 0 Å². The highest BCUT2D eigenvalue weighted by Gasteiger charge is 2.03. The Bertz CT molecular complexity index is 354. The average molecular weight is 167 g/mol. The molecule has 0 unspecified atom stereocenters. The number of pyridine rings is 1. The summed E-state index contributed by atoms with van der Waals surface area (Å²) in [5.74, 6) is -0.996. The molecule has 0 aromatic carbocycles. The molecule has 1 aromatic heterocycles. The quantitative estimate of drug-likeness (QED) is 0.666. The molecule has 0 aliphatic rings. The smallest absolute Gasteiger partial charge is 0.308 e. The van der Waals surface area contributed by atoms with Crippen molar-refractivity contribution in [1.29, 1.82) is 0 Å². The fourth-order valence-corrected chi connectivity index (χ4v) is 0.904. The molecule has 0 atom stereocenters. The predicted molar refractivity (Wildman–Crippen MR) is 43.1 cm³/mol. The van der Waals surface area contributed by atoms with Gasteiger partial charge in [0, 0.05) is 11.3 Å². The van der Waals surface area contributed by atoms with Gasteiger partial charge in [-0.25, -0.2) is 0 Å². The molecule has 0 saturated heterocycles. The highest BCUT2D eigenvalue weighted by molar-refractivity contribution is 5.69. The molecule has 12 heavy (non-hydrogen) atoms. The molecular formula is C8H9NO3. The number of nitrogens with one attached hydrogen (secondary N) is 1. The number of carboxylic acids is 1. The van der Waals surface area contributed by atoms with Gasteiger partial charge in [-0.3, -0.25) is 9.59 Å². The zero-order chi connectivity index (χ0) is 9.14. The first-order valence-corrected chi connectivity index (χ1v) is 3.50. The second-order valence-electron chi connectivity index (χ2n) is 2.57. The number of rotatable bonds is 2. The van der Waals surface area contributed by atoms with Crippen molar-refractivity contribution in [3.05, 3.63) is 33.7 Å². The molecule has 4 heteroatoms. The number of aromatic amines is 1. The van der Waals surface area contributed by atoms with Crippen molar-refractivity contribution in [2.45, 2.75) is 13.3 Å². The van der Waals surface area contributed by atoms with Crippen molar-refractivity contribution in [2.75, 3.05) is 0 Å². The molecule has 0 fully saturated rings. The van der Waals surface area contributed by atoms with Gasteiger partial charge in [-0.15, -0.1) is 0 Å². The van der Waals surface area contributed by atoms with Crippen LogP contribution in [0.2, 0.25) is 0 Å². The van der Waals surface area contributed by atoms with E-state index < -0.39 is 5.97 Å². The number of carbonyl (C=O) groups is 1. The third-order valence-electron chi connectivity index (χ3n) is 1.48. The van der Waals surface area contributed by atoms with E-state index in [1.54, 1.807) is 13.0 Å². The van der Waals surface area contributed by atoms with Crippen molar-refractivity contribution >= 4 is 5.97 Å². The van der Waals surface area contributed by atoms with Crippen LogP contribution in [0, 0.1) is 6.92 Å². The summed E-state index contributed by atoms with van der Waals surface area (Å²) in [6.07, 6.45) is -0.227. The highest BCUT2D eigenvalue weighted by Crippen LogP contribution is 1.94. The second kappa shape index (κ2) is 3.21. The van der Waals surface area contributed by atoms with Crippen LogP contribution in [-0.4, -0.2) is 16.1 Å². The van der Waals surface area contributed by atoms with Crippen molar-refractivity contribution in [3.63, 3.8) is 0 Å². The summed E-state index contributed by atoms with van der Waals surface area (Å²) in [4.78, 5) is 23.8. The summed E-state index contributed by atoms with van der Waals surface area (Å²) in [5, 5.41) is 8.41. The summed E-state index contributed by atoms with van der Waals surface area (Å²) in [6, 6.07) is 3.21. The predicted octanol–water partition coefficient (Wildman–Crippen LogP) is 0.310. The van der Waals surface area contributed by atoms with Gasteiger partial charge in [0.05, 0.1) is 6.42 Å². The highest BCUT2D eigenvalue weighted by atomic mass is 16.4. The molecule has 4 nitrogen and oxygen atoms in total. The third-order valence-corrected chi connectivity index (χ3v) is 1.48. The van der Waals surface area contributed by atoms with Crippen LogP contribution < -0.4 is 5.56 Å². The zero-order valence-corrected chi connectivity index (χ0v) is 6.63. The van der Waals surface area contributed by atoms with Crippen molar-refractivity contribution in [1.82, 2.24) is 4.98 Å². The van der Waals surface area contributed by atoms with Gasteiger partial charge in [-0.05, 0) is 13.0 Å². The monoisotopic (exact) mass is 167 g/mol. The fraction of sp³-hybridized carbons (Fsp3) is 0.250. The van der Waals surface area contributed by atoms with Gasteiger partial charge >= 0.3 is 5.97 Å². The number of aryl methyl sites for hydroxylation is 1. The molecule has 1 rings (SSSR count). The summed E-state index contributed by atoms with van der Waals surface area (Å²) in [5.41, 5.74) is 0.694. The summed E-state index contributed by atoms with van der Waals surface area (Å²) >= 11 is 0. The lowest BCUT2D eigenvalue weighted by Crippen LogP contribution is -2.16. The van der Waals surface area contributed by atoms with E-state index in [2.05, 4.69) is 4.98 Å². The molecule has 0 radical (unpaired) electrons. The first kappa shape index (κ1) is 8.52. The molecule has 64 valence electrons. The Kier molecular flexibility index (Phi) is 2.28. The Morgan fingerprint density at radius 1 is 1.58 bits per heavy atom. The number of carboxylic acid groups (broad SMARTS) is 1. The first-order valence-electron chi connectivity index (χ1n) is 3.50. The van der Waals surface area contributed by atoms with Crippen LogP contribution in [0.1, 0.15) is 11.3 Å². The number of hydrogen-bond donors (Lipinski definition) is 2. The molecule has 0 bridgehead atoms. The molecule has 0 amide bonds. The Morgan fingerprint density at radius 2 is 2.25 bits per heavy atom. The minimum Gasteiger partial charge on any atom is -0.481 e. The van der Waals surface area contributed by atoms with E-state index in [4.69, 9.17) is 5.11 Å².